The van der Waals surface area contributed by atoms with E-state index in [1.54, 1.807) is 0 Å². The Balaban J connectivity index is 2.06. The summed E-state index contributed by atoms with van der Waals surface area (Å²) >= 11 is 0. The van der Waals surface area contributed by atoms with Crippen LogP contribution in [0.5, 0.6) is 0 Å². The van der Waals surface area contributed by atoms with Crippen LogP contribution in [0, 0.1) is 5.92 Å². The highest BCUT2D eigenvalue weighted by atomic mass is 16.2. The van der Waals surface area contributed by atoms with E-state index in [-0.39, 0.29) is 17.9 Å². The zero-order valence-corrected chi connectivity index (χ0v) is 10.0. The first-order valence-electron chi connectivity index (χ1n) is 6.27. The summed E-state index contributed by atoms with van der Waals surface area (Å²) in [7, 11) is 0. The van der Waals surface area contributed by atoms with Gasteiger partial charge in [-0.05, 0) is 18.8 Å². The van der Waals surface area contributed by atoms with Crippen molar-refractivity contribution in [2.24, 2.45) is 5.92 Å². The molecular formula is C12H20N2O2. The molecule has 1 heterocycles. The normalized spacial score (nSPS) is 34.6. The van der Waals surface area contributed by atoms with E-state index in [0.29, 0.717) is 31.3 Å². The van der Waals surface area contributed by atoms with Gasteiger partial charge in [0, 0.05) is 19.0 Å². The van der Waals surface area contributed by atoms with E-state index in [9.17, 15) is 9.59 Å². The van der Waals surface area contributed by atoms with Crippen molar-refractivity contribution >= 4 is 11.8 Å². The Morgan fingerprint density at radius 3 is 2.62 bits per heavy atom. The molecule has 0 bridgehead atoms. The molecule has 2 aliphatic rings. The van der Waals surface area contributed by atoms with Crippen molar-refractivity contribution in [2.45, 2.75) is 51.6 Å². The van der Waals surface area contributed by atoms with Crippen LogP contribution in [0.4, 0.5) is 0 Å². The van der Waals surface area contributed by atoms with Gasteiger partial charge in [-0.25, -0.2) is 0 Å². The van der Waals surface area contributed by atoms with Crippen molar-refractivity contribution in [1.29, 1.82) is 0 Å². The number of nitrogens with one attached hydrogen (secondary N) is 1. The second-order valence-electron chi connectivity index (χ2n) is 4.78. The van der Waals surface area contributed by atoms with Gasteiger partial charge in [-0.1, -0.05) is 20.3 Å². The maximum atomic E-state index is 12.2. The van der Waals surface area contributed by atoms with Crippen LogP contribution in [0.1, 0.15) is 39.5 Å². The first-order chi connectivity index (χ1) is 7.67. The highest BCUT2D eigenvalue weighted by Gasteiger charge is 2.44. The highest BCUT2D eigenvalue weighted by molar-refractivity contribution is 5.90. The van der Waals surface area contributed by atoms with E-state index in [1.807, 2.05) is 11.8 Å². The van der Waals surface area contributed by atoms with Crippen LogP contribution in [0.3, 0.4) is 0 Å². The van der Waals surface area contributed by atoms with Gasteiger partial charge in [0.2, 0.25) is 11.8 Å². The minimum absolute atomic E-state index is 0.0106. The molecule has 0 aromatic heterocycles. The molecular weight excluding hydrogens is 204 g/mol. The summed E-state index contributed by atoms with van der Waals surface area (Å²) < 4.78 is 0. The molecule has 3 atom stereocenters. The van der Waals surface area contributed by atoms with Crippen LogP contribution in [0.25, 0.3) is 0 Å². The molecule has 1 saturated carbocycles. The number of hydrogen-bond acceptors (Lipinski definition) is 2. The van der Waals surface area contributed by atoms with Crippen molar-refractivity contribution < 1.29 is 9.59 Å². The van der Waals surface area contributed by atoms with Gasteiger partial charge < -0.3 is 10.2 Å². The fourth-order valence-corrected chi connectivity index (χ4v) is 2.52. The van der Waals surface area contributed by atoms with Crippen LogP contribution < -0.4 is 5.32 Å². The molecule has 1 aliphatic heterocycles. The van der Waals surface area contributed by atoms with Crippen molar-refractivity contribution in [3.05, 3.63) is 0 Å². The van der Waals surface area contributed by atoms with Gasteiger partial charge in [0.25, 0.3) is 0 Å². The third-order valence-corrected chi connectivity index (χ3v) is 3.71. The second-order valence-corrected chi connectivity index (χ2v) is 4.78. The summed E-state index contributed by atoms with van der Waals surface area (Å²) in [5.41, 5.74) is 0. The Bertz CT molecular complexity index is 303. The van der Waals surface area contributed by atoms with Gasteiger partial charge in [0.1, 0.15) is 6.04 Å². The first-order valence-corrected chi connectivity index (χ1v) is 6.27. The standard InChI is InChI=1S/C12H20N2O2/c1-3-8-7-10(8)14-6-5-11(15)13-9(4-2)12(14)16/h8-10H,3-7H2,1-2H3,(H,13,15). The molecule has 4 nitrogen and oxygen atoms in total. The largest absolute Gasteiger partial charge is 0.344 e. The summed E-state index contributed by atoms with van der Waals surface area (Å²) in [4.78, 5) is 25.6. The van der Waals surface area contributed by atoms with Gasteiger partial charge in [-0.15, -0.1) is 0 Å². The molecule has 1 N–H and O–H groups in total. The molecule has 0 aromatic carbocycles. The fourth-order valence-electron chi connectivity index (χ4n) is 2.52. The zero-order valence-electron chi connectivity index (χ0n) is 10.0. The summed E-state index contributed by atoms with van der Waals surface area (Å²) in [5, 5.41) is 2.79. The molecule has 4 heteroatoms. The summed E-state index contributed by atoms with van der Waals surface area (Å²) in [6, 6.07) is 0.104. The van der Waals surface area contributed by atoms with E-state index >= 15 is 0 Å². The number of carbonyl (C=O) groups is 2. The smallest absolute Gasteiger partial charge is 0.245 e. The molecule has 3 unspecified atom stereocenters. The summed E-state index contributed by atoms with van der Waals surface area (Å²) in [6.45, 7) is 4.70. The lowest BCUT2D eigenvalue weighted by Gasteiger charge is -2.23. The van der Waals surface area contributed by atoms with Crippen molar-refractivity contribution in [3.8, 4) is 0 Å². The second kappa shape index (κ2) is 4.44. The number of nitrogens with zero attached hydrogens (tertiary/aromatic N) is 1. The van der Waals surface area contributed by atoms with Gasteiger partial charge in [0.05, 0.1) is 0 Å². The van der Waals surface area contributed by atoms with E-state index < -0.39 is 0 Å². The first kappa shape index (κ1) is 11.4. The van der Waals surface area contributed by atoms with Crippen LogP contribution in [0.15, 0.2) is 0 Å². The third kappa shape index (κ3) is 2.06. The van der Waals surface area contributed by atoms with Gasteiger partial charge in [-0.3, -0.25) is 9.59 Å². The average Bonchev–Trinajstić information content (AvgIpc) is 3.05. The number of carbonyl (C=O) groups excluding carboxylic acids is 2. The van der Waals surface area contributed by atoms with Crippen LogP contribution in [-0.4, -0.2) is 35.3 Å². The lowest BCUT2D eigenvalue weighted by Crippen LogP contribution is -2.45. The van der Waals surface area contributed by atoms with E-state index in [4.69, 9.17) is 0 Å². The lowest BCUT2D eigenvalue weighted by atomic mass is 10.2. The number of hydrogen-bond donors (Lipinski definition) is 1. The third-order valence-electron chi connectivity index (χ3n) is 3.71. The number of rotatable bonds is 3. The Hall–Kier alpha value is -1.06. The number of amides is 2. The minimum Gasteiger partial charge on any atom is -0.344 e. The predicted octanol–water partition coefficient (Wildman–Crippen LogP) is 0.912. The van der Waals surface area contributed by atoms with E-state index in [2.05, 4.69) is 12.2 Å². The molecule has 90 valence electrons. The molecule has 0 radical (unpaired) electrons. The molecule has 0 aromatic rings. The van der Waals surface area contributed by atoms with E-state index in [0.717, 1.165) is 12.8 Å². The predicted molar refractivity (Wildman–Crippen MR) is 60.7 cm³/mol. The molecule has 2 fully saturated rings. The molecule has 1 saturated heterocycles. The minimum atomic E-state index is -0.298. The Morgan fingerprint density at radius 2 is 2.06 bits per heavy atom. The average molecular weight is 224 g/mol. The van der Waals surface area contributed by atoms with Crippen LogP contribution in [-0.2, 0) is 9.59 Å². The highest BCUT2D eigenvalue weighted by Crippen LogP contribution is 2.39. The van der Waals surface area contributed by atoms with Crippen molar-refractivity contribution in [1.82, 2.24) is 10.2 Å². The van der Waals surface area contributed by atoms with Crippen LogP contribution >= 0.6 is 0 Å². The monoisotopic (exact) mass is 224 g/mol. The van der Waals surface area contributed by atoms with Gasteiger partial charge >= 0.3 is 0 Å². The molecule has 16 heavy (non-hydrogen) atoms. The fraction of sp³-hybridized carbons (Fsp3) is 0.833. The Kier molecular flexibility index (Phi) is 3.17. The molecule has 1 aliphatic carbocycles. The quantitative estimate of drug-likeness (QED) is 0.774. The maximum absolute atomic E-state index is 12.2. The lowest BCUT2D eigenvalue weighted by molar-refractivity contribution is -0.134. The van der Waals surface area contributed by atoms with Gasteiger partial charge in [-0.2, -0.15) is 0 Å². The summed E-state index contributed by atoms with van der Waals surface area (Å²) in [5.74, 6) is 0.792. The topological polar surface area (TPSA) is 49.4 Å². The zero-order chi connectivity index (χ0) is 11.7. The molecule has 2 rings (SSSR count). The van der Waals surface area contributed by atoms with Gasteiger partial charge in [0.15, 0.2) is 0 Å². The SMILES string of the molecule is CCC1NC(=O)CCN(C2CC2CC)C1=O. The Morgan fingerprint density at radius 1 is 1.31 bits per heavy atom. The van der Waals surface area contributed by atoms with Crippen molar-refractivity contribution in [2.75, 3.05) is 6.54 Å². The summed E-state index contributed by atoms with van der Waals surface area (Å²) in [6.07, 6.45) is 3.39. The van der Waals surface area contributed by atoms with Crippen molar-refractivity contribution in [3.63, 3.8) is 0 Å². The molecule has 0 spiro atoms. The maximum Gasteiger partial charge on any atom is 0.245 e. The molecule has 2 amide bonds. The Labute approximate surface area is 96.4 Å². The van der Waals surface area contributed by atoms with Crippen LogP contribution in [0.2, 0.25) is 0 Å². The van der Waals surface area contributed by atoms with E-state index in [1.165, 1.54) is 0 Å².